The fourth-order valence-electron chi connectivity index (χ4n) is 2.26. The average Bonchev–Trinajstić information content (AvgIpc) is 2.91. The number of halogens is 1. The lowest BCUT2D eigenvalue weighted by molar-refractivity contribution is 0.517. The molecule has 0 amide bonds. The van der Waals surface area contributed by atoms with Gasteiger partial charge < -0.3 is 5.32 Å². The molecule has 0 aliphatic heterocycles. The molecule has 102 valence electrons. The number of rotatable bonds is 6. The van der Waals surface area contributed by atoms with Crippen LogP contribution in [0.4, 0.5) is 0 Å². The zero-order valence-electron chi connectivity index (χ0n) is 11.4. The molecule has 0 aliphatic carbocycles. The molecule has 1 aromatic heterocycles. The Morgan fingerprint density at radius 2 is 2.16 bits per heavy atom. The first-order chi connectivity index (χ1) is 9.20. The quantitative estimate of drug-likeness (QED) is 0.791. The standard InChI is InChI=1S/C16H20ClNS/c1-3-18-16(9-7-14-5-4-10-19-14)13-6-8-15(17)12(2)11-13/h4-6,8,10-11,16,18H,3,7,9H2,1-2H3. The maximum atomic E-state index is 6.10. The predicted octanol–water partition coefficient (Wildman–Crippen LogP) is 4.99. The Morgan fingerprint density at radius 1 is 1.32 bits per heavy atom. The first-order valence-electron chi connectivity index (χ1n) is 6.72. The van der Waals surface area contributed by atoms with Crippen molar-refractivity contribution in [1.82, 2.24) is 5.32 Å². The van der Waals surface area contributed by atoms with E-state index in [0.29, 0.717) is 6.04 Å². The van der Waals surface area contributed by atoms with Crippen molar-refractivity contribution in [2.45, 2.75) is 32.7 Å². The summed E-state index contributed by atoms with van der Waals surface area (Å²) < 4.78 is 0. The molecule has 0 radical (unpaired) electrons. The zero-order valence-corrected chi connectivity index (χ0v) is 13.0. The highest BCUT2D eigenvalue weighted by Crippen LogP contribution is 2.25. The fourth-order valence-corrected chi connectivity index (χ4v) is 3.10. The lowest BCUT2D eigenvalue weighted by Crippen LogP contribution is -2.21. The molecular weight excluding hydrogens is 274 g/mol. The van der Waals surface area contributed by atoms with Gasteiger partial charge in [-0.3, -0.25) is 0 Å². The van der Waals surface area contributed by atoms with Crippen molar-refractivity contribution in [3.8, 4) is 0 Å². The van der Waals surface area contributed by atoms with Gasteiger partial charge in [-0.2, -0.15) is 0 Å². The molecule has 1 aromatic carbocycles. The van der Waals surface area contributed by atoms with Crippen LogP contribution in [0, 0.1) is 6.92 Å². The van der Waals surface area contributed by atoms with Gasteiger partial charge in [-0.25, -0.2) is 0 Å². The van der Waals surface area contributed by atoms with Crippen molar-refractivity contribution in [3.63, 3.8) is 0 Å². The van der Waals surface area contributed by atoms with Crippen LogP contribution in [-0.4, -0.2) is 6.54 Å². The largest absolute Gasteiger partial charge is 0.310 e. The van der Waals surface area contributed by atoms with Gasteiger partial charge in [-0.05, 0) is 54.9 Å². The molecule has 0 saturated carbocycles. The molecule has 2 rings (SSSR count). The van der Waals surface area contributed by atoms with Crippen molar-refractivity contribution in [1.29, 1.82) is 0 Å². The van der Waals surface area contributed by atoms with E-state index in [-0.39, 0.29) is 0 Å². The second-order valence-corrected chi connectivity index (χ2v) is 6.18. The van der Waals surface area contributed by atoms with Crippen molar-refractivity contribution in [2.75, 3.05) is 6.54 Å². The Bertz CT molecular complexity index is 507. The average molecular weight is 294 g/mol. The van der Waals surface area contributed by atoms with E-state index < -0.39 is 0 Å². The topological polar surface area (TPSA) is 12.0 Å². The van der Waals surface area contributed by atoms with Crippen LogP contribution in [0.5, 0.6) is 0 Å². The molecule has 3 heteroatoms. The molecule has 1 atom stereocenters. The first-order valence-corrected chi connectivity index (χ1v) is 7.98. The van der Waals surface area contributed by atoms with Gasteiger partial charge in [-0.15, -0.1) is 11.3 Å². The number of hydrogen-bond donors (Lipinski definition) is 1. The highest BCUT2D eigenvalue weighted by molar-refractivity contribution is 7.09. The Labute approximate surface area is 124 Å². The Kier molecular flexibility index (Phi) is 5.44. The molecule has 1 N–H and O–H groups in total. The molecule has 0 saturated heterocycles. The smallest absolute Gasteiger partial charge is 0.0435 e. The summed E-state index contributed by atoms with van der Waals surface area (Å²) in [4.78, 5) is 1.45. The van der Waals surface area contributed by atoms with E-state index in [4.69, 9.17) is 11.6 Å². The number of benzene rings is 1. The minimum Gasteiger partial charge on any atom is -0.310 e. The Balaban J connectivity index is 2.07. The van der Waals surface area contributed by atoms with Crippen molar-refractivity contribution < 1.29 is 0 Å². The molecular formula is C16H20ClNS. The lowest BCUT2D eigenvalue weighted by Gasteiger charge is -2.19. The third kappa shape index (κ3) is 4.07. The van der Waals surface area contributed by atoms with Gasteiger partial charge in [0.1, 0.15) is 0 Å². The van der Waals surface area contributed by atoms with Crippen LogP contribution in [0.15, 0.2) is 35.7 Å². The van der Waals surface area contributed by atoms with Crippen LogP contribution >= 0.6 is 22.9 Å². The summed E-state index contributed by atoms with van der Waals surface area (Å²) >= 11 is 7.94. The summed E-state index contributed by atoms with van der Waals surface area (Å²) in [6.07, 6.45) is 2.24. The normalized spacial score (nSPS) is 12.6. The molecule has 1 heterocycles. The van der Waals surface area contributed by atoms with E-state index >= 15 is 0 Å². The monoisotopic (exact) mass is 293 g/mol. The maximum Gasteiger partial charge on any atom is 0.0435 e. The van der Waals surface area contributed by atoms with E-state index in [1.807, 2.05) is 17.4 Å². The second-order valence-electron chi connectivity index (χ2n) is 4.74. The van der Waals surface area contributed by atoms with Crippen molar-refractivity contribution >= 4 is 22.9 Å². The van der Waals surface area contributed by atoms with E-state index in [0.717, 1.165) is 30.0 Å². The van der Waals surface area contributed by atoms with Crippen LogP contribution in [-0.2, 0) is 6.42 Å². The van der Waals surface area contributed by atoms with Gasteiger partial charge >= 0.3 is 0 Å². The Hall–Kier alpha value is -0.830. The first kappa shape index (κ1) is 14.6. The minimum absolute atomic E-state index is 0.406. The van der Waals surface area contributed by atoms with E-state index in [1.165, 1.54) is 10.4 Å². The summed E-state index contributed by atoms with van der Waals surface area (Å²) in [7, 11) is 0. The number of nitrogens with one attached hydrogen (secondary N) is 1. The van der Waals surface area contributed by atoms with Gasteiger partial charge in [0.2, 0.25) is 0 Å². The van der Waals surface area contributed by atoms with Gasteiger partial charge in [0.05, 0.1) is 0 Å². The van der Waals surface area contributed by atoms with Gasteiger partial charge in [0.15, 0.2) is 0 Å². The molecule has 0 aliphatic rings. The SMILES string of the molecule is CCNC(CCc1cccs1)c1ccc(Cl)c(C)c1. The highest BCUT2D eigenvalue weighted by Gasteiger charge is 2.11. The molecule has 0 fully saturated rings. The number of aryl methyl sites for hydroxylation is 2. The third-order valence-corrected chi connectivity index (χ3v) is 4.65. The van der Waals surface area contributed by atoms with Gasteiger partial charge in [0.25, 0.3) is 0 Å². The second kappa shape index (κ2) is 7.09. The van der Waals surface area contributed by atoms with Gasteiger partial charge in [-0.1, -0.05) is 36.7 Å². The molecule has 1 nitrogen and oxygen atoms in total. The van der Waals surface area contributed by atoms with Crippen LogP contribution in [0.2, 0.25) is 5.02 Å². The molecule has 0 bridgehead atoms. The Morgan fingerprint density at radius 3 is 2.79 bits per heavy atom. The zero-order chi connectivity index (χ0) is 13.7. The number of thiophene rings is 1. The predicted molar refractivity (Wildman–Crippen MR) is 85.2 cm³/mol. The minimum atomic E-state index is 0.406. The molecule has 2 aromatic rings. The maximum absolute atomic E-state index is 6.10. The fraction of sp³-hybridized carbons (Fsp3) is 0.375. The van der Waals surface area contributed by atoms with E-state index in [1.54, 1.807) is 0 Å². The number of hydrogen-bond acceptors (Lipinski definition) is 2. The summed E-state index contributed by atoms with van der Waals surface area (Å²) in [5, 5.41) is 6.56. The van der Waals surface area contributed by atoms with E-state index in [9.17, 15) is 0 Å². The summed E-state index contributed by atoms with van der Waals surface area (Å²) in [6, 6.07) is 11.1. The highest BCUT2D eigenvalue weighted by atomic mass is 35.5. The van der Waals surface area contributed by atoms with Crippen LogP contribution < -0.4 is 5.32 Å². The van der Waals surface area contributed by atoms with Gasteiger partial charge in [0, 0.05) is 15.9 Å². The molecule has 0 spiro atoms. The van der Waals surface area contributed by atoms with Crippen LogP contribution in [0.3, 0.4) is 0 Å². The lowest BCUT2D eigenvalue weighted by atomic mass is 9.99. The van der Waals surface area contributed by atoms with E-state index in [2.05, 4.69) is 48.8 Å². The molecule has 1 unspecified atom stereocenters. The van der Waals surface area contributed by atoms with Crippen LogP contribution in [0.25, 0.3) is 0 Å². The summed E-state index contributed by atoms with van der Waals surface area (Å²) in [5.41, 5.74) is 2.48. The third-order valence-electron chi connectivity index (χ3n) is 3.29. The van der Waals surface area contributed by atoms with Crippen LogP contribution in [0.1, 0.15) is 35.4 Å². The van der Waals surface area contributed by atoms with Crippen molar-refractivity contribution in [3.05, 3.63) is 56.7 Å². The van der Waals surface area contributed by atoms with Crippen molar-refractivity contribution in [2.24, 2.45) is 0 Å². The molecule has 19 heavy (non-hydrogen) atoms. The summed E-state index contributed by atoms with van der Waals surface area (Å²) in [6.45, 7) is 5.20. The summed E-state index contributed by atoms with van der Waals surface area (Å²) in [5.74, 6) is 0.